The van der Waals surface area contributed by atoms with E-state index in [9.17, 15) is 5.26 Å². The van der Waals surface area contributed by atoms with Gasteiger partial charge >= 0.3 is 0 Å². The molecule has 0 N–H and O–H groups in total. The molecule has 5 heterocycles. The Labute approximate surface area is 378 Å². The lowest BCUT2D eigenvalue weighted by Gasteiger charge is -2.18. The minimum absolute atomic E-state index is 0.576. The van der Waals surface area contributed by atoms with Gasteiger partial charge in [0.05, 0.1) is 67.1 Å². The van der Waals surface area contributed by atoms with Crippen LogP contribution in [0.15, 0.2) is 219 Å². The first-order valence-electron chi connectivity index (χ1n) is 22.3. The molecule has 0 atom stereocenters. The summed E-state index contributed by atoms with van der Waals surface area (Å²) in [6.07, 6.45) is 3.85. The van der Waals surface area contributed by atoms with Gasteiger partial charge in [-0.25, -0.2) is 0 Å². The van der Waals surface area contributed by atoms with Crippen LogP contribution in [0.5, 0.6) is 0 Å². The Morgan fingerprint density at radius 1 is 0.348 bits per heavy atom. The minimum Gasteiger partial charge on any atom is -0.309 e. The maximum absolute atomic E-state index is 10.5. The van der Waals surface area contributed by atoms with E-state index in [1.807, 2.05) is 24.5 Å². The molecule has 0 unspecified atom stereocenters. The van der Waals surface area contributed by atoms with Crippen molar-refractivity contribution in [2.24, 2.45) is 0 Å². The Hall–Kier alpha value is -9.18. The van der Waals surface area contributed by atoms with Crippen molar-refractivity contribution >= 4 is 87.2 Å². The van der Waals surface area contributed by atoms with E-state index in [2.05, 4.69) is 218 Å². The molecule has 0 amide bonds. The molecule has 0 aliphatic carbocycles. The van der Waals surface area contributed by atoms with Crippen molar-refractivity contribution in [3.05, 3.63) is 224 Å². The highest BCUT2D eigenvalue weighted by molar-refractivity contribution is 6.28. The number of para-hydroxylation sites is 6. The maximum Gasteiger partial charge on any atom is 0.0991 e. The number of nitriles is 1. The number of benzene rings is 9. The lowest BCUT2D eigenvalue weighted by molar-refractivity contribution is 1.14. The number of aromatic nitrogens is 5. The third-order valence-electron chi connectivity index (χ3n) is 13.7. The van der Waals surface area contributed by atoms with E-state index < -0.39 is 0 Å². The van der Waals surface area contributed by atoms with E-state index >= 15 is 0 Å². The summed E-state index contributed by atoms with van der Waals surface area (Å²) >= 11 is 0. The van der Waals surface area contributed by atoms with Crippen molar-refractivity contribution in [3.8, 4) is 39.9 Å². The maximum atomic E-state index is 10.5. The van der Waals surface area contributed by atoms with Crippen LogP contribution in [0.3, 0.4) is 0 Å². The van der Waals surface area contributed by atoms with Crippen LogP contribution in [0, 0.1) is 11.3 Å². The van der Waals surface area contributed by atoms with Gasteiger partial charge in [0.15, 0.2) is 0 Å². The van der Waals surface area contributed by atoms with Crippen LogP contribution in [-0.4, -0.2) is 23.3 Å². The van der Waals surface area contributed by atoms with E-state index in [0.29, 0.717) is 5.56 Å². The molecule has 66 heavy (non-hydrogen) atoms. The van der Waals surface area contributed by atoms with Crippen molar-refractivity contribution in [2.75, 3.05) is 0 Å². The summed E-state index contributed by atoms with van der Waals surface area (Å²) < 4.78 is 9.62. The SMILES string of the molecule is N#Cc1ccc(-n2c3ccccc3c3c2ccc2c4ccccc4n(-c4ccccc4)c23)c(-c2cnccc2-n2c3ccccc3c3c2ccc2c4ccccc4n(-c4ccccc4)c23)c1. The Morgan fingerprint density at radius 3 is 1.29 bits per heavy atom. The Bertz CT molecular complexity index is 4350. The van der Waals surface area contributed by atoms with Crippen molar-refractivity contribution in [1.29, 1.82) is 5.26 Å². The van der Waals surface area contributed by atoms with Gasteiger partial charge < -0.3 is 18.3 Å². The molecule has 6 heteroatoms. The standard InChI is InChI=1S/C60H36N6/c61-36-38-27-30-53(65-51-25-13-9-21-45(51)57-55(65)31-28-43-41-19-7-11-23-49(41)63(59(43)57)39-15-3-1-4-16-39)47(35-38)48-37-62-34-33-54(48)66-52-26-14-10-22-46(52)58-56(66)32-29-44-42-20-8-12-24-50(42)64(60(44)58)40-17-5-2-6-18-40/h1-35,37H. The van der Waals surface area contributed by atoms with Gasteiger partial charge in [0, 0.05) is 78.0 Å². The van der Waals surface area contributed by atoms with Gasteiger partial charge in [0.1, 0.15) is 0 Å². The molecule has 9 aromatic carbocycles. The summed E-state index contributed by atoms with van der Waals surface area (Å²) in [5.41, 5.74) is 15.6. The fraction of sp³-hybridized carbons (Fsp3) is 0. The van der Waals surface area contributed by atoms with E-state index in [1.165, 1.54) is 37.8 Å². The van der Waals surface area contributed by atoms with Crippen LogP contribution in [-0.2, 0) is 0 Å². The van der Waals surface area contributed by atoms with Gasteiger partial charge in [-0.15, -0.1) is 0 Å². The molecular weight excluding hydrogens is 805 g/mol. The highest BCUT2D eigenvalue weighted by Crippen LogP contribution is 2.46. The third kappa shape index (κ3) is 4.97. The summed E-state index contributed by atoms with van der Waals surface area (Å²) in [6.45, 7) is 0. The van der Waals surface area contributed by atoms with Gasteiger partial charge in [-0.2, -0.15) is 5.26 Å². The summed E-state index contributed by atoms with van der Waals surface area (Å²) in [6, 6.07) is 76.0. The monoisotopic (exact) mass is 840 g/mol. The molecule has 14 rings (SSSR count). The van der Waals surface area contributed by atoms with Crippen LogP contribution < -0.4 is 0 Å². The molecule has 0 aliphatic heterocycles. The minimum atomic E-state index is 0.576. The summed E-state index contributed by atoms with van der Waals surface area (Å²) in [4.78, 5) is 4.82. The summed E-state index contributed by atoms with van der Waals surface area (Å²) in [5, 5.41) is 20.0. The largest absolute Gasteiger partial charge is 0.309 e. The Morgan fingerprint density at radius 2 is 0.788 bits per heavy atom. The van der Waals surface area contributed by atoms with Gasteiger partial charge in [-0.3, -0.25) is 4.98 Å². The third-order valence-corrected chi connectivity index (χ3v) is 13.7. The van der Waals surface area contributed by atoms with Gasteiger partial charge in [0.25, 0.3) is 0 Å². The zero-order chi connectivity index (χ0) is 43.5. The van der Waals surface area contributed by atoms with Crippen molar-refractivity contribution < 1.29 is 0 Å². The molecule has 0 saturated heterocycles. The molecule has 306 valence electrons. The smallest absolute Gasteiger partial charge is 0.0991 e. The zero-order valence-corrected chi connectivity index (χ0v) is 35.5. The van der Waals surface area contributed by atoms with Crippen molar-refractivity contribution in [1.82, 2.24) is 23.3 Å². The second-order valence-electron chi connectivity index (χ2n) is 17.0. The van der Waals surface area contributed by atoms with Crippen LogP contribution in [0.25, 0.3) is 121 Å². The Kier molecular flexibility index (Phi) is 7.65. The lowest BCUT2D eigenvalue weighted by atomic mass is 10.00. The predicted octanol–water partition coefficient (Wildman–Crippen LogP) is 15.0. The average Bonchev–Trinajstić information content (AvgIpc) is 4.11. The Balaban J connectivity index is 1.08. The van der Waals surface area contributed by atoms with Crippen molar-refractivity contribution in [3.63, 3.8) is 0 Å². The summed E-state index contributed by atoms with van der Waals surface area (Å²) in [5.74, 6) is 0. The summed E-state index contributed by atoms with van der Waals surface area (Å²) in [7, 11) is 0. The lowest BCUT2D eigenvalue weighted by Crippen LogP contribution is -2.02. The molecule has 0 saturated carbocycles. The molecule has 0 bridgehead atoms. The number of hydrogen-bond acceptors (Lipinski definition) is 2. The second kappa shape index (κ2) is 13.9. The van der Waals surface area contributed by atoms with Crippen LogP contribution >= 0.6 is 0 Å². The first-order valence-corrected chi connectivity index (χ1v) is 22.3. The second-order valence-corrected chi connectivity index (χ2v) is 17.0. The first kappa shape index (κ1) is 36.3. The average molecular weight is 841 g/mol. The molecule has 5 aromatic heterocycles. The van der Waals surface area contributed by atoms with Gasteiger partial charge in [-0.1, -0.05) is 121 Å². The van der Waals surface area contributed by atoms with Gasteiger partial charge in [-0.05, 0) is 84.9 Å². The van der Waals surface area contributed by atoms with Gasteiger partial charge in [0.2, 0.25) is 0 Å². The van der Waals surface area contributed by atoms with Crippen LogP contribution in [0.1, 0.15) is 5.56 Å². The number of fused-ring (bicyclic) bond motifs is 14. The van der Waals surface area contributed by atoms with E-state index in [-0.39, 0.29) is 0 Å². The predicted molar refractivity (Wildman–Crippen MR) is 272 cm³/mol. The van der Waals surface area contributed by atoms with Crippen LogP contribution in [0.4, 0.5) is 0 Å². The van der Waals surface area contributed by atoms with E-state index in [1.54, 1.807) is 0 Å². The molecule has 14 aromatic rings. The normalized spacial score (nSPS) is 11.9. The fourth-order valence-corrected chi connectivity index (χ4v) is 11.0. The van der Waals surface area contributed by atoms with Crippen LogP contribution in [0.2, 0.25) is 0 Å². The number of nitrogens with zero attached hydrogens (tertiary/aromatic N) is 6. The number of pyridine rings is 1. The highest BCUT2D eigenvalue weighted by Gasteiger charge is 2.25. The molecule has 0 fully saturated rings. The molecule has 0 aliphatic rings. The molecular formula is C60H36N6. The molecule has 6 nitrogen and oxygen atoms in total. The highest BCUT2D eigenvalue weighted by atomic mass is 15.0. The number of hydrogen-bond donors (Lipinski definition) is 0. The van der Waals surface area contributed by atoms with E-state index in [0.717, 1.165) is 83.3 Å². The molecule has 0 radical (unpaired) electrons. The number of rotatable bonds is 5. The van der Waals surface area contributed by atoms with E-state index in [4.69, 9.17) is 4.98 Å². The molecule has 0 spiro atoms. The zero-order valence-electron chi connectivity index (χ0n) is 35.5. The quantitative estimate of drug-likeness (QED) is 0.173. The topological polar surface area (TPSA) is 56.4 Å². The van der Waals surface area contributed by atoms with Crippen molar-refractivity contribution in [2.45, 2.75) is 0 Å². The fourth-order valence-electron chi connectivity index (χ4n) is 11.0. The first-order chi connectivity index (χ1) is 32.8.